The maximum atomic E-state index is 11.3. The zero-order valence-electron chi connectivity index (χ0n) is 6.87. The van der Waals surface area contributed by atoms with Crippen LogP contribution >= 0.6 is 0 Å². The van der Waals surface area contributed by atoms with E-state index in [1.807, 2.05) is 6.07 Å². The Labute approximate surface area is 66.6 Å². The molecule has 1 unspecified atom stereocenters. The summed E-state index contributed by atoms with van der Waals surface area (Å²) in [6, 6.07) is 2.35. The Hall–Kier alpha value is -1.04. The van der Waals surface area contributed by atoms with Gasteiger partial charge in [-0.25, -0.2) is 0 Å². The van der Waals surface area contributed by atoms with Gasteiger partial charge in [-0.1, -0.05) is 0 Å². The van der Waals surface area contributed by atoms with E-state index in [1.54, 1.807) is 18.9 Å². The van der Waals surface area contributed by atoms with Crippen molar-refractivity contribution >= 4 is 5.91 Å². The molecule has 0 aliphatic heterocycles. The Balaban J connectivity index is 2.46. The monoisotopic (exact) mass is 152 g/mol. The SMILES string of the molecule is CC(C#N)C(=O)N(C)C1CC1. The Morgan fingerprint density at radius 2 is 2.27 bits per heavy atom. The summed E-state index contributed by atoms with van der Waals surface area (Å²) in [4.78, 5) is 12.9. The molecule has 0 aromatic heterocycles. The van der Waals surface area contributed by atoms with E-state index in [-0.39, 0.29) is 5.91 Å². The van der Waals surface area contributed by atoms with E-state index in [0.717, 1.165) is 12.8 Å². The first kappa shape index (κ1) is 8.06. The van der Waals surface area contributed by atoms with Crippen LogP contribution in [0.25, 0.3) is 0 Å². The van der Waals surface area contributed by atoms with Gasteiger partial charge in [-0.3, -0.25) is 4.79 Å². The lowest BCUT2D eigenvalue weighted by atomic mass is 10.2. The third-order valence-electron chi connectivity index (χ3n) is 2.01. The van der Waals surface area contributed by atoms with Crippen LogP contribution in [-0.2, 0) is 4.79 Å². The number of carbonyl (C=O) groups is 1. The molecule has 0 heterocycles. The Morgan fingerprint density at radius 1 is 1.73 bits per heavy atom. The minimum Gasteiger partial charge on any atom is -0.342 e. The first-order valence-electron chi connectivity index (χ1n) is 3.83. The van der Waals surface area contributed by atoms with E-state index in [9.17, 15) is 4.79 Å². The van der Waals surface area contributed by atoms with Crippen molar-refractivity contribution in [2.24, 2.45) is 5.92 Å². The van der Waals surface area contributed by atoms with E-state index in [4.69, 9.17) is 5.26 Å². The molecule has 1 atom stereocenters. The molecule has 0 saturated heterocycles. The summed E-state index contributed by atoms with van der Waals surface area (Å²) < 4.78 is 0. The first-order chi connectivity index (χ1) is 5.16. The van der Waals surface area contributed by atoms with Crippen LogP contribution in [0.2, 0.25) is 0 Å². The molecule has 0 spiro atoms. The van der Waals surface area contributed by atoms with Crippen LogP contribution in [0.5, 0.6) is 0 Å². The van der Waals surface area contributed by atoms with Crippen molar-refractivity contribution in [2.45, 2.75) is 25.8 Å². The van der Waals surface area contributed by atoms with Gasteiger partial charge >= 0.3 is 0 Å². The van der Waals surface area contributed by atoms with Crippen LogP contribution in [0.4, 0.5) is 0 Å². The van der Waals surface area contributed by atoms with Crippen LogP contribution in [-0.4, -0.2) is 23.9 Å². The lowest BCUT2D eigenvalue weighted by Crippen LogP contribution is -2.32. The number of hydrogen-bond acceptors (Lipinski definition) is 2. The molecule has 1 rings (SSSR count). The standard InChI is InChI=1S/C8H12N2O/c1-6(5-9)8(11)10(2)7-3-4-7/h6-7H,3-4H2,1-2H3. The summed E-state index contributed by atoms with van der Waals surface area (Å²) in [5.41, 5.74) is 0. The van der Waals surface area contributed by atoms with E-state index in [1.165, 1.54) is 0 Å². The summed E-state index contributed by atoms with van der Waals surface area (Å²) in [5, 5.41) is 8.46. The minimum atomic E-state index is -0.486. The molecular formula is C8H12N2O. The van der Waals surface area contributed by atoms with Crippen molar-refractivity contribution in [3.8, 4) is 6.07 Å². The van der Waals surface area contributed by atoms with Crippen LogP contribution in [0.15, 0.2) is 0 Å². The average Bonchev–Trinajstić information content (AvgIpc) is 2.82. The second-order valence-corrected chi connectivity index (χ2v) is 3.03. The lowest BCUT2D eigenvalue weighted by Gasteiger charge is -2.16. The van der Waals surface area contributed by atoms with Crippen molar-refractivity contribution in [1.29, 1.82) is 5.26 Å². The molecule has 3 heteroatoms. The van der Waals surface area contributed by atoms with E-state index in [0.29, 0.717) is 6.04 Å². The van der Waals surface area contributed by atoms with Gasteiger partial charge in [0.05, 0.1) is 6.07 Å². The highest BCUT2D eigenvalue weighted by molar-refractivity contribution is 5.81. The van der Waals surface area contributed by atoms with Gasteiger partial charge in [0, 0.05) is 13.1 Å². The summed E-state index contributed by atoms with van der Waals surface area (Å²) in [6.45, 7) is 1.64. The van der Waals surface area contributed by atoms with Crippen LogP contribution < -0.4 is 0 Å². The Bertz CT molecular complexity index is 203. The molecule has 0 aromatic rings. The highest BCUT2D eigenvalue weighted by Gasteiger charge is 2.31. The first-order valence-corrected chi connectivity index (χ1v) is 3.83. The van der Waals surface area contributed by atoms with Crippen molar-refractivity contribution in [3.63, 3.8) is 0 Å². The van der Waals surface area contributed by atoms with Crippen molar-refractivity contribution < 1.29 is 4.79 Å². The Kier molecular flexibility index (Phi) is 2.13. The molecule has 1 aliphatic carbocycles. The van der Waals surface area contributed by atoms with Gasteiger partial charge in [-0.2, -0.15) is 5.26 Å². The maximum Gasteiger partial charge on any atom is 0.239 e. The average molecular weight is 152 g/mol. The van der Waals surface area contributed by atoms with E-state index in [2.05, 4.69) is 0 Å². The fourth-order valence-corrected chi connectivity index (χ4v) is 1.00. The molecule has 0 radical (unpaired) electrons. The molecule has 11 heavy (non-hydrogen) atoms. The lowest BCUT2D eigenvalue weighted by molar-refractivity contribution is -0.132. The highest BCUT2D eigenvalue weighted by atomic mass is 16.2. The largest absolute Gasteiger partial charge is 0.342 e. The van der Waals surface area contributed by atoms with Crippen LogP contribution in [0.3, 0.4) is 0 Å². The summed E-state index contributed by atoms with van der Waals surface area (Å²) in [5.74, 6) is -0.532. The van der Waals surface area contributed by atoms with Gasteiger partial charge in [-0.15, -0.1) is 0 Å². The molecule has 1 fully saturated rings. The minimum absolute atomic E-state index is 0.0463. The topological polar surface area (TPSA) is 44.1 Å². The fraction of sp³-hybridized carbons (Fsp3) is 0.750. The Morgan fingerprint density at radius 3 is 2.64 bits per heavy atom. The summed E-state index contributed by atoms with van der Waals surface area (Å²) >= 11 is 0. The molecule has 60 valence electrons. The maximum absolute atomic E-state index is 11.3. The zero-order chi connectivity index (χ0) is 8.43. The van der Waals surface area contributed by atoms with Gasteiger partial charge in [0.1, 0.15) is 5.92 Å². The van der Waals surface area contributed by atoms with Gasteiger partial charge in [0.2, 0.25) is 5.91 Å². The van der Waals surface area contributed by atoms with Gasteiger partial charge < -0.3 is 4.90 Å². The van der Waals surface area contributed by atoms with Crippen LogP contribution in [0.1, 0.15) is 19.8 Å². The molecule has 1 amide bonds. The van der Waals surface area contributed by atoms with Crippen molar-refractivity contribution in [2.75, 3.05) is 7.05 Å². The number of rotatable bonds is 2. The highest BCUT2D eigenvalue weighted by Crippen LogP contribution is 2.26. The molecule has 0 bridgehead atoms. The van der Waals surface area contributed by atoms with Crippen molar-refractivity contribution in [1.82, 2.24) is 4.90 Å². The molecule has 3 nitrogen and oxygen atoms in total. The predicted molar refractivity (Wildman–Crippen MR) is 40.6 cm³/mol. The molecule has 0 aromatic carbocycles. The molecule has 1 saturated carbocycles. The number of hydrogen-bond donors (Lipinski definition) is 0. The quantitative estimate of drug-likeness (QED) is 0.586. The van der Waals surface area contributed by atoms with Gasteiger partial charge in [-0.05, 0) is 19.8 Å². The number of carbonyl (C=O) groups excluding carboxylic acids is 1. The van der Waals surface area contributed by atoms with E-state index >= 15 is 0 Å². The van der Waals surface area contributed by atoms with Gasteiger partial charge in [0.25, 0.3) is 0 Å². The van der Waals surface area contributed by atoms with Crippen molar-refractivity contribution in [3.05, 3.63) is 0 Å². The number of nitriles is 1. The molecular weight excluding hydrogens is 140 g/mol. The second-order valence-electron chi connectivity index (χ2n) is 3.03. The zero-order valence-corrected chi connectivity index (χ0v) is 6.87. The molecule has 1 aliphatic rings. The number of nitrogens with zero attached hydrogens (tertiary/aromatic N) is 2. The predicted octanol–water partition coefficient (Wildman–Crippen LogP) is 0.767. The van der Waals surface area contributed by atoms with Crippen LogP contribution in [0, 0.1) is 17.2 Å². The van der Waals surface area contributed by atoms with E-state index < -0.39 is 5.92 Å². The summed E-state index contributed by atoms with van der Waals surface area (Å²) in [7, 11) is 1.77. The summed E-state index contributed by atoms with van der Waals surface area (Å²) in [6.07, 6.45) is 2.20. The second kappa shape index (κ2) is 2.91. The molecule has 0 N–H and O–H groups in total. The smallest absolute Gasteiger partial charge is 0.239 e. The third-order valence-corrected chi connectivity index (χ3v) is 2.01. The normalized spacial score (nSPS) is 18.6. The van der Waals surface area contributed by atoms with Gasteiger partial charge in [0.15, 0.2) is 0 Å². The fourth-order valence-electron chi connectivity index (χ4n) is 1.00. The third kappa shape index (κ3) is 1.70. The number of amides is 1.